The van der Waals surface area contributed by atoms with Crippen molar-refractivity contribution in [2.75, 3.05) is 25.1 Å². The van der Waals surface area contributed by atoms with Crippen LogP contribution in [0, 0.1) is 6.92 Å². The first-order chi connectivity index (χ1) is 9.93. The van der Waals surface area contributed by atoms with Crippen LogP contribution in [0.15, 0.2) is 24.3 Å². The lowest BCUT2D eigenvalue weighted by Gasteiger charge is -2.41. The number of hydrogen-bond acceptors (Lipinski definition) is 3. The largest absolute Gasteiger partial charge is 0.478 e. The second-order valence-electron chi connectivity index (χ2n) is 5.91. The number of aryl methyl sites for hydroxylation is 1. The van der Waals surface area contributed by atoms with Gasteiger partial charge in [0.2, 0.25) is 0 Å². The Labute approximate surface area is 126 Å². The summed E-state index contributed by atoms with van der Waals surface area (Å²) in [6.45, 7) is 5.92. The Morgan fingerprint density at radius 2 is 2.24 bits per heavy atom. The fourth-order valence-corrected chi connectivity index (χ4v) is 2.83. The summed E-state index contributed by atoms with van der Waals surface area (Å²) >= 11 is 0. The van der Waals surface area contributed by atoms with Gasteiger partial charge in [0, 0.05) is 32.0 Å². The van der Waals surface area contributed by atoms with E-state index in [9.17, 15) is 4.79 Å². The first kappa shape index (κ1) is 15.6. The Hall–Kier alpha value is -1.81. The predicted octanol–water partition coefficient (Wildman–Crippen LogP) is 3.10. The third kappa shape index (κ3) is 3.85. The molecule has 21 heavy (non-hydrogen) atoms. The second kappa shape index (κ2) is 6.31. The molecule has 114 valence electrons. The van der Waals surface area contributed by atoms with Gasteiger partial charge in [0.25, 0.3) is 0 Å². The summed E-state index contributed by atoms with van der Waals surface area (Å²) in [6, 6.07) is 6.15. The molecule has 0 aliphatic carbocycles. The summed E-state index contributed by atoms with van der Waals surface area (Å²) in [5.41, 5.74) is 2.99. The minimum atomic E-state index is -0.928. The number of ether oxygens (including phenoxy) is 1. The number of nitrogens with zero attached hydrogens (tertiary/aromatic N) is 1. The molecule has 0 spiro atoms. The summed E-state index contributed by atoms with van der Waals surface area (Å²) in [6.07, 6.45) is 4.98. The van der Waals surface area contributed by atoms with Gasteiger partial charge in [0.1, 0.15) is 0 Å². The smallest absolute Gasteiger partial charge is 0.328 e. The fraction of sp³-hybridized carbons (Fsp3) is 0.471. The molecule has 1 heterocycles. The number of carboxylic acids is 1. The SMILES string of the molecule is COC1(C)CCCN(c2ccc(C)cc2/C=C/C(=O)O)C1. The average molecular weight is 289 g/mol. The molecule has 1 saturated heterocycles. The van der Waals surface area contributed by atoms with Crippen LogP contribution in [0.5, 0.6) is 0 Å². The first-order valence-electron chi connectivity index (χ1n) is 7.25. The molecule has 0 bridgehead atoms. The molecular weight excluding hydrogens is 266 g/mol. The Kier molecular flexibility index (Phi) is 4.68. The van der Waals surface area contributed by atoms with Crippen LogP contribution in [0.25, 0.3) is 6.08 Å². The highest BCUT2D eigenvalue weighted by Gasteiger charge is 2.31. The quantitative estimate of drug-likeness (QED) is 0.865. The fourth-order valence-electron chi connectivity index (χ4n) is 2.83. The summed E-state index contributed by atoms with van der Waals surface area (Å²) in [7, 11) is 1.75. The molecule has 1 aromatic rings. The lowest BCUT2D eigenvalue weighted by molar-refractivity contribution is -0.131. The molecule has 1 aliphatic heterocycles. The molecule has 1 atom stereocenters. The van der Waals surface area contributed by atoms with Crippen molar-refractivity contribution in [3.8, 4) is 0 Å². The van der Waals surface area contributed by atoms with E-state index in [1.807, 2.05) is 13.0 Å². The Morgan fingerprint density at radius 1 is 1.48 bits per heavy atom. The van der Waals surface area contributed by atoms with E-state index in [0.717, 1.165) is 42.7 Å². The second-order valence-corrected chi connectivity index (χ2v) is 5.91. The van der Waals surface area contributed by atoms with E-state index in [4.69, 9.17) is 9.84 Å². The number of aliphatic carboxylic acids is 1. The molecule has 4 heteroatoms. The summed E-state index contributed by atoms with van der Waals surface area (Å²) in [5, 5.41) is 8.85. The molecule has 0 amide bonds. The normalized spacial score (nSPS) is 22.7. The number of piperidine rings is 1. The standard InChI is InChI=1S/C17H23NO3/c1-13-5-7-15(14(11-13)6-8-16(19)20)18-10-4-9-17(2,12-18)21-3/h5-8,11H,4,9-10,12H2,1-3H3,(H,19,20)/b8-6+. The molecule has 0 saturated carbocycles. The number of methoxy groups -OCH3 is 1. The van der Waals surface area contributed by atoms with Crippen molar-refractivity contribution in [1.82, 2.24) is 0 Å². The lowest BCUT2D eigenvalue weighted by atomic mass is 9.93. The summed E-state index contributed by atoms with van der Waals surface area (Å²) in [5.74, 6) is -0.928. The summed E-state index contributed by atoms with van der Waals surface area (Å²) < 4.78 is 5.64. The maximum atomic E-state index is 10.8. The first-order valence-corrected chi connectivity index (χ1v) is 7.25. The van der Waals surface area contributed by atoms with Gasteiger partial charge in [-0.1, -0.05) is 11.6 Å². The van der Waals surface area contributed by atoms with Gasteiger partial charge in [-0.2, -0.15) is 0 Å². The van der Waals surface area contributed by atoms with Gasteiger partial charge in [0.05, 0.1) is 5.60 Å². The molecule has 1 N–H and O–H groups in total. The Bertz CT molecular complexity index is 553. The Morgan fingerprint density at radius 3 is 2.90 bits per heavy atom. The van der Waals surface area contributed by atoms with Gasteiger partial charge in [0.15, 0.2) is 0 Å². The number of carbonyl (C=O) groups is 1. The monoisotopic (exact) mass is 289 g/mol. The predicted molar refractivity (Wildman–Crippen MR) is 84.7 cm³/mol. The zero-order valence-electron chi connectivity index (χ0n) is 12.9. The van der Waals surface area contributed by atoms with E-state index in [0.29, 0.717) is 0 Å². The minimum Gasteiger partial charge on any atom is -0.478 e. The van der Waals surface area contributed by atoms with Gasteiger partial charge in [-0.05, 0) is 50.5 Å². The van der Waals surface area contributed by atoms with Crippen molar-refractivity contribution in [1.29, 1.82) is 0 Å². The molecule has 1 aliphatic rings. The van der Waals surface area contributed by atoms with E-state index in [-0.39, 0.29) is 5.60 Å². The zero-order chi connectivity index (χ0) is 15.5. The summed E-state index contributed by atoms with van der Waals surface area (Å²) in [4.78, 5) is 13.1. The van der Waals surface area contributed by atoms with Crippen LogP contribution in [0.1, 0.15) is 30.9 Å². The Balaban J connectivity index is 2.32. The van der Waals surface area contributed by atoms with E-state index < -0.39 is 5.97 Å². The topological polar surface area (TPSA) is 49.8 Å². The van der Waals surface area contributed by atoms with E-state index >= 15 is 0 Å². The number of carboxylic acid groups (broad SMARTS) is 1. The number of hydrogen-bond donors (Lipinski definition) is 1. The highest BCUT2D eigenvalue weighted by atomic mass is 16.5. The van der Waals surface area contributed by atoms with Crippen molar-refractivity contribution in [3.05, 3.63) is 35.4 Å². The maximum absolute atomic E-state index is 10.8. The van der Waals surface area contributed by atoms with Crippen LogP contribution >= 0.6 is 0 Å². The van der Waals surface area contributed by atoms with Crippen LogP contribution < -0.4 is 4.90 Å². The van der Waals surface area contributed by atoms with Crippen molar-refractivity contribution in [2.24, 2.45) is 0 Å². The van der Waals surface area contributed by atoms with Crippen LogP contribution in [-0.4, -0.2) is 36.9 Å². The molecule has 1 fully saturated rings. The van der Waals surface area contributed by atoms with Crippen LogP contribution in [0.2, 0.25) is 0 Å². The van der Waals surface area contributed by atoms with Crippen LogP contribution in [0.4, 0.5) is 5.69 Å². The van der Waals surface area contributed by atoms with Crippen molar-refractivity contribution < 1.29 is 14.6 Å². The van der Waals surface area contributed by atoms with Gasteiger partial charge >= 0.3 is 5.97 Å². The van der Waals surface area contributed by atoms with Crippen LogP contribution in [-0.2, 0) is 9.53 Å². The van der Waals surface area contributed by atoms with Gasteiger partial charge in [-0.15, -0.1) is 0 Å². The molecule has 4 nitrogen and oxygen atoms in total. The number of benzene rings is 1. The maximum Gasteiger partial charge on any atom is 0.328 e. The van der Waals surface area contributed by atoms with Gasteiger partial charge in [-0.3, -0.25) is 0 Å². The van der Waals surface area contributed by atoms with Gasteiger partial charge in [-0.25, -0.2) is 4.79 Å². The number of anilines is 1. The molecule has 0 aromatic heterocycles. The highest BCUT2D eigenvalue weighted by molar-refractivity contribution is 5.87. The minimum absolute atomic E-state index is 0.142. The van der Waals surface area contributed by atoms with E-state index in [1.165, 1.54) is 6.08 Å². The molecule has 1 unspecified atom stereocenters. The van der Waals surface area contributed by atoms with Crippen molar-refractivity contribution >= 4 is 17.7 Å². The van der Waals surface area contributed by atoms with E-state index in [1.54, 1.807) is 13.2 Å². The average Bonchev–Trinajstić information content (AvgIpc) is 2.45. The van der Waals surface area contributed by atoms with Crippen molar-refractivity contribution in [2.45, 2.75) is 32.3 Å². The van der Waals surface area contributed by atoms with Gasteiger partial charge < -0.3 is 14.7 Å². The zero-order valence-corrected chi connectivity index (χ0v) is 12.9. The lowest BCUT2D eigenvalue weighted by Crippen LogP contribution is -2.47. The molecule has 2 rings (SSSR count). The van der Waals surface area contributed by atoms with Crippen LogP contribution in [0.3, 0.4) is 0 Å². The van der Waals surface area contributed by atoms with E-state index in [2.05, 4.69) is 24.0 Å². The molecular formula is C17H23NO3. The molecule has 0 radical (unpaired) electrons. The third-order valence-electron chi connectivity index (χ3n) is 4.08. The van der Waals surface area contributed by atoms with Crippen molar-refractivity contribution in [3.63, 3.8) is 0 Å². The number of rotatable bonds is 4. The highest BCUT2D eigenvalue weighted by Crippen LogP contribution is 2.31. The molecule has 1 aromatic carbocycles. The third-order valence-corrected chi connectivity index (χ3v) is 4.08.